The molecule has 25 heavy (non-hydrogen) atoms. The molecule has 152 valence electrons. The Bertz CT molecular complexity index is 254. The van der Waals surface area contributed by atoms with Crippen molar-refractivity contribution in [2.45, 2.75) is 110 Å². The molecule has 0 fully saturated rings. The molecule has 0 atom stereocenters. The predicted molar refractivity (Wildman–Crippen MR) is 109 cm³/mol. The van der Waals surface area contributed by atoms with E-state index in [4.69, 9.17) is 15.0 Å². The fourth-order valence-corrected chi connectivity index (χ4v) is 2.98. The topological polar surface area (TPSA) is 60.8 Å². The summed E-state index contributed by atoms with van der Waals surface area (Å²) in [5.74, 6) is 0. The number of rotatable bonds is 17. The van der Waals surface area contributed by atoms with E-state index in [-0.39, 0.29) is 0 Å². The molecule has 0 amide bonds. The highest BCUT2D eigenvalue weighted by Crippen LogP contribution is 2.13. The van der Waals surface area contributed by atoms with E-state index in [9.17, 15) is 0 Å². The van der Waals surface area contributed by atoms with Crippen LogP contribution in [-0.4, -0.2) is 41.9 Å². The van der Waals surface area contributed by atoms with Crippen molar-refractivity contribution in [3.63, 3.8) is 0 Å². The van der Waals surface area contributed by atoms with Gasteiger partial charge in [-0.3, -0.25) is 0 Å². The van der Waals surface area contributed by atoms with Gasteiger partial charge in [0.25, 0.3) is 0 Å². The Labute approximate surface area is 157 Å². The molecule has 0 saturated heterocycles. The Morgan fingerprint density at radius 3 is 1.08 bits per heavy atom. The molecule has 0 bridgehead atoms. The highest BCUT2D eigenvalue weighted by molar-refractivity contribution is 5.53. The van der Waals surface area contributed by atoms with Crippen LogP contribution in [0.25, 0.3) is 0 Å². The van der Waals surface area contributed by atoms with Crippen molar-refractivity contribution in [3.05, 3.63) is 0 Å². The Balaban J connectivity index is 0. The second-order valence-electron chi connectivity index (χ2n) is 7.39. The number of nitrogens with zero attached hydrogens (tertiary/aromatic N) is 1. The van der Waals surface area contributed by atoms with E-state index in [1.807, 2.05) is 0 Å². The maximum Gasteiger partial charge on any atom is 0.503 e. The molecule has 0 aromatic carbocycles. The minimum Gasteiger partial charge on any atom is -0.450 e. The average molecular weight is 360 g/mol. The van der Waals surface area contributed by atoms with Crippen LogP contribution in [0.15, 0.2) is 0 Å². The van der Waals surface area contributed by atoms with Crippen molar-refractivity contribution in [1.29, 1.82) is 0 Å². The van der Waals surface area contributed by atoms with Gasteiger partial charge >= 0.3 is 6.16 Å². The zero-order chi connectivity index (χ0) is 19.2. The van der Waals surface area contributed by atoms with Crippen LogP contribution in [0.4, 0.5) is 4.79 Å². The molecule has 0 aromatic rings. The molecule has 0 radical (unpaired) electrons. The van der Waals surface area contributed by atoms with Crippen molar-refractivity contribution in [1.82, 2.24) is 4.90 Å². The van der Waals surface area contributed by atoms with Gasteiger partial charge in [-0.2, -0.15) is 0 Å². The molecule has 2 N–H and O–H groups in total. The van der Waals surface area contributed by atoms with Crippen molar-refractivity contribution >= 4 is 6.16 Å². The number of carboxylic acid groups (broad SMARTS) is 2. The lowest BCUT2D eigenvalue weighted by Crippen LogP contribution is -2.12. The standard InChI is InChI=1S/C20H43N.CH2O3/c1-4-5-6-7-8-9-10-11-12-13-14-15-16-17-18-19-20-21(2)3;2-1(3)4/h4-20H2,1-3H3;(H2,2,3,4). The number of unbranched alkanes of at least 4 members (excludes halogenated alkanes) is 15. The van der Waals surface area contributed by atoms with Crippen LogP contribution >= 0.6 is 0 Å². The SMILES string of the molecule is CCCCCCCCCCCCCCCCCCN(C)C.O=C(O)O. The van der Waals surface area contributed by atoms with E-state index in [0.717, 1.165) is 0 Å². The lowest BCUT2D eigenvalue weighted by Gasteiger charge is -2.08. The van der Waals surface area contributed by atoms with Gasteiger partial charge in [0, 0.05) is 0 Å². The van der Waals surface area contributed by atoms with E-state index >= 15 is 0 Å². The lowest BCUT2D eigenvalue weighted by atomic mass is 10.0. The van der Waals surface area contributed by atoms with Gasteiger partial charge < -0.3 is 15.1 Å². The zero-order valence-electron chi connectivity index (χ0n) is 17.3. The summed E-state index contributed by atoms with van der Waals surface area (Å²) >= 11 is 0. The van der Waals surface area contributed by atoms with Gasteiger partial charge in [0.1, 0.15) is 0 Å². The van der Waals surface area contributed by atoms with Crippen LogP contribution in [-0.2, 0) is 0 Å². The molecule has 0 spiro atoms. The first kappa shape index (κ1) is 26.5. The second kappa shape index (κ2) is 23.2. The summed E-state index contributed by atoms with van der Waals surface area (Å²) in [5.41, 5.74) is 0. The molecule has 0 aliphatic rings. The maximum atomic E-state index is 8.56. The summed E-state index contributed by atoms with van der Waals surface area (Å²) in [5, 5.41) is 13.9. The van der Waals surface area contributed by atoms with Crippen LogP contribution in [0.2, 0.25) is 0 Å². The van der Waals surface area contributed by atoms with E-state index in [1.165, 1.54) is 109 Å². The fraction of sp³-hybridized carbons (Fsp3) is 0.952. The third kappa shape index (κ3) is 35.3. The van der Waals surface area contributed by atoms with Gasteiger partial charge in [0.05, 0.1) is 0 Å². The molecule has 0 heterocycles. The normalized spacial score (nSPS) is 10.6. The molecule has 4 heteroatoms. The molecule has 0 unspecified atom stereocenters. The molecule has 0 saturated carbocycles. The summed E-state index contributed by atoms with van der Waals surface area (Å²) in [6.45, 7) is 3.56. The van der Waals surface area contributed by atoms with Crippen molar-refractivity contribution in [2.75, 3.05) is 20.6 Å². The van der Waals surface area contributed by atoms with Gasteiger partial charge in [-0.05, 0) is 27.1 Å². The van der Waals surface area contributed by atoms with E-state index in [2.05, 4.69) is 25.9 Å². The maximum absolute atomic E-state index is 8.56. The van der Waals surface area contributed by atoms with Crippen LogP contribution in [0.1, 0.15) is 110 Å². The first-order chi connectivity index (χ1) is 12.0. The van der Waals surface area contributed by atoms with E-state index in [0.29, 0.717) is 0 Å². The minimum atomic E-state index is -1.83. The van der Waals surface area contributed by atoms with Crippen LogP contribution < -0.4 is 0 Å². The first-order valence-electron chi connectivity index (χ1n) is 10.6. The predicted octanol–water partition coefficient (Wildman–Crippen LogP) is 7.03. The van der Waals surface area contributed by atoms with Gasteiger partial charge in [-0.25, -0.2) is 4.79 Å². The van der Waals surface area contributed by atoms with Gasteiger partial charge in [0.15, 0.2) is 0 Å². The molecule has 0 aliphatic carbocycles. The first-order valence-corrected chi connectivity index (χ1v) is 10.6. The third-order valence-electron chi connectivity index (χ3n) is 4.46. The van der Waals surface area contributed by atoms with Crippen molar-refractivity contribution in [3.8, 4) is 0 Å². The molecular formula is C21H45NO3. The highest BCUT2D eigenvalue weighted by atomic mass is 16.6. The summed E-state index contributed by atoms with van der Waals surface area (Å²) < 4.78 is 0. The number of hydrogen-bond acceptors (Lipinski definition) is 2. The lowest BCUT2D eigenvalue weighted by molar-refractivity contribution is 0.137. The Kier molecular flexibility index (Phi) is 24.6. The highest BCUT2D eigenvalue weighted by Gasteiger charge is 1.95. The quantitative estimate of drug-likeness (QED) is 0.274. The van der Waals surface area contributed by atoms with Gasteiger partial charge in [-0.1, -0.05) is 103 Å². The largest absolute Gasteiger partial charge is 0.503 e. The molecular weight excluding hydrogens is 314 g/mol. The molecule has 0 rings (SSSR count). The Hall–Kier alpha value is -0.770. The summed E-state index contributed by atoms with van der Waals surface area (Å²) in [6.07, 6.45) is 21.5. The fourth-order valence-electron chi connectivity index (χ4n) is 2.98. The average Bonchev–Trinajstić information content (AvgIpc) is 2.53. The second-order valence-corrected chi connectivity index (χ2v) is 7.39. The van der Waals surface area contributed by atoms with Crippen molar-refractivity contribution < 1.29 is 15.0 Å². The summed E-state index contributed by atoms with van der Waals surface area (Å²) in [7, 11) is 4.34. The molecule has 0 aromatic heterocycles. The number of hydrogen-bond donors (Lipinski definition) is 2. The summed E-state index contributed by atoms with van der Waals surface area (Å²) in [6, 6.07) is 0. The third-order valence-corrected chi connectivity index (χ3v) is 4.46. The zero-order valence-corrected chi connectivity index (χ0v) is 17.3. The Morgan fingerprint density at radius 2 is 0.840 bits per heavy atom. The van der Waals surface area contributed by atoms with E-state index < -0.39 is 6.16 Å². The van der Waals surface area contributed by atoms with Gasteiger partial charge in [0.2, 0.25) is 0 Å². The van der Waals surface area contributed by atoms with Crippen LogP contribution in [0.3, 0.4) is 0 Å². The van der Waals surface area contributed by atoms with Crippen LogP contribution in [0.5, 0.6) is 0 Å². The Morgan fingerprint density at radius 1 is 0.600 bits per heavy atom. The summed E-state index contributed by atoms with van der Waals surface area (Å²) in [4.78, 5) is 10.9. The van der Waals surface area contributed by atoms with Crippen LogP contribution in [0, 0.1) is 0 Å². The smallest absolute Gasteiger partial charge is 0.450 e. The molecule has 0 aliphatic heterocycles. The molecule has 4 nitrogen and oxygen atoms in total. The van der Waals surface area contributed by atoms with Gasteiger partial charge in [-0.15, -0.1) is 0 Å². The van der Waals surface area contributed by atoms with E-state index in [1.54, 1.807) is 0 Å². The minimum absolute atomic E-state index is 1.26. The van der Waals surface area contributed by atoms with Crippen molar-refractivity contribution in [2.24, 2.45) is 0 Å². The number of carbonyl (C=O) groups is 1. The monoisotopic (exact) mass is 359 g/mol.